The van der Waals surface area contributed by atoms with Gasteiger partial charge in [0.2, 0.25) is 5.91 Å². The molecule has 0 fully saturated rings. The van der Waals surface area contributed by atoms with Crippen molar-refractivity contribution < 1.29 is 4.79 Å². The molecule has 1 N–H and O–H groups in total. The van der Waals surface area contributed by atoms with Crippen LogP contribution in [0.4, 0.5) is 5.69 Å². The molecular weight excluding hydrogens is 577 g/mol. The third kappa shape index (κ3) is 5.67. The predicted molar refractivity (Wildman–Crippen MR) is 157 cm³/mol. The number of hydrogen-bond donors (Lipinski definition) is 1. The highest BCUT2D eigenvalue weighted by molar-refractivity contribution is 7.99. The zero-order valence-electron chi connectivity index (χ0n) is 21.1. The van der Waals surface area contributed by atoms with Gasteiger partial charge in [-0.2, -0.15) is 0 Å². The zero-order valence-corrected chi connectivity index (χ0v) is 24.2. The maximum Gasteiger partial charge on any atom is 0.234 e. The van der Waals surface area contributed by atoms with E-state index in [1.807, 2.05) is 73.9 Å². The van der Waals surface area contributed by atoms with Crippen LogP contribution < -0.4 is 5.32 Å². The Balaban J connectivity index is 1.47. The van der Waals surface area contributed by atoms with Crippen LogP contribution in [0, 0.1) is 20.8 Å². The van der Waals surface area contributed by atoms with Crippen LogP contribution in [0.2, 0.25) is 15.1 Å². The van der Waals surface area contributed by atoms with Gasteiger partial charge in [-0.3, -0.25) is 9.36 Å². The minimum atomic E-state index is -0.149. The van der Waals surface area contributed by atoms with Crippen LogP contribution in [0.3, 0.4) is 0 Å². The Kier molecular flexibility index (Phi) is 7.95. The number of rotatable bonds is 7. The van der Waals surface area contributed by atoms with Crippen molar-refractivity contribution in [2.45, 2.75) is 25.9 Å². The lowest BCUT2D eigenvalue weighted by atomic mass is 10.1. The molecule has 0 aliphatic carbocycles. The van der Waals surface area contributed by atoms with E-state index < -0.39 is 0 Å². The molecule has 5 rings (SSSR count). The van der Waals surface area contributed by atoms with Gasteiger partial charge < -0.3 is 5.32 Å². The first-order valence-electron chi connectivity index (χ1n) is 11.8. The number of nitrogens with zero attached hydrogens (tertiary/aromatic N) is 6. The average molecular weight is 599 g/mol. The third-order valence-corrected chi connectivity index (χ3v) is 8.05. The van der Waals surface area contributed by atoms with E-state index in [1.165, 1.54) is 17.3 Å². The van der Waals surface area contributed by atoms with E-state index in [0.717, 1.165) is 16.9 Å². The number of hydrogen-bond acceptors (Lipinski definition) is 6. The largest absolute Gasteiger partial charge is 0.325 e. The fourth-order valence-electron chi connectivity index (χ4n) is 3.91. The van der Waals surface area contributed by atoms with Gasteiger partial charge in [0.25, 0.3) is 0 Å². The molecule has 0 aliphatic rings. The molecule has 2 aromatic heterocycles. The first-order chi connectivity index (χ1) is 18.7. The van der Waals surface area contributed by atoms with Crippen molar-refractivity contribution >= 4 is 58.2 Å². The number of carbonyl (C=O) groups is 1. The molecule has 198 valence electrons. The summed E-state index contributed by atoms with van der Waals surface area (Å²) in [4.78, 5) is 12.8. The van der Waals surface area contributed by atoms with Gasteiger partial charge in [0, 0.05) is 11.4 Å². The summed E-state index contributed by atoms with van der Waals surface area (Å²) < 4.78 is 3.43. The van der Waals surface area contributed by atoms with E-state index in [1.54, 1.807) is 16.8 Å². The lowest BCUT2D eigenvalue weighted by Gasteiger charge is -2.11. The molecule has 0 spiro atoms. The van der Waals surface area contributed by atoms with E-state index in [4.69, 9.17) is 34.8 Å². The van der Waals surface area contributed by atoms with Gasteiger partial charge in [-0.25, -0.2) is 4.68 Å². The minimum Gasteiger partial charge on any atom is -0.325 e. The quantitative estimate of drug-likeness (QED) is 0.158. The molecule has 1 amide bonds. The van der Waals surface area contributed by atoms with Crippen molar-refractivity contribution in [3.8, 4) is 22.9 Å². The van der Waals surface area contributed by atoms with Crippen molar-refractivity contribution in [3.63, 3.8) is 0 Å². The number of aryl methyl sites for hydroxylation is 2. The van der Waals surface area contributed by atoms with Gasteiger partial charge in [0.15, 0.2) is 16.7 Å². The normalized spacial score (nSPS) is 11.1. The lowest BCUT2D eigenvalue weighted by Crippen LogP contribution is -2.14. The summed E-state index contributed by atoms with van der Waals surface area (Å²) in [6.07, 6.45) is 0. The van der Waals surface area contributed by atoms with Gasteiger partial charge in [-0.15, -0.1) is 15.3 Å². The van der Waals surface area contributed by atoms with Crippen LogP contribution in [0.15, 0.2) is 65.8 Å². The topological polar surface area (TPSA) is 90.5 Å². The second kappa shape index (κ2) is 11.4. The molecule has 0 unspecified atom stereocenters. The number of para-hydroxylation sites is 1. The van der Waals surface area contributed by atoms with E-state index >= 15 is 0 Å². The van der Waals surface area contributed by atoms with Crippen molar-refractivity contribution in [1.29, 1.82) is 0 Å². The lowest BCUT2D eigenvalue weighted by molar-refractivity contribution is -0.113. The van der Waals surface area contributed by atoms with Crippen LogP contribution in [0.25, 0.3) is 22.9 Å². The van der Waals surface area contributed by atoms with Gasteiger partial charge in [-0.05, 0) is 68.3 Å². The SMILES string of the molecule is Cc1ccc(NC(=O)CSc2nnc(-c3nnn(-c4cc(Cl)c(Cl)cc4Cl)c3C)n2-c2ccccc2)cc1C. The number of nitrogens with one attached hydrogen (secondary N) is 1. The third-order valence-electron chi connectivity index (χ3n) is 6.10. The molecule has 0 saturated carbocycles. The molecule has 0 atom stereocenters. The Labute approximate surface area is 244 Å². The number of benzene rings is 3. The number of anilines is 1. The van der Waals surface area contributed by atoms with Crippen LogP contribution in [0.5, 0.6) is 0 Å². The minimum absolute atomic E-state index is 0.141. The van der Waals surface area contributed by atoms with Gasteiger partial charge >= 0.3 is 0 Å². The van der Waals surface area contributed by atoms with Gasteiger partial charge in [0.05, 0.1) is 32.2 Å². The molecule has 0 aliphatic heterocycles. The fraction of sp³-hybridized carbons (Fsp3) is 0.148. The number of carbonyl (C=O) groups excluding carboxylic acids is 1. The summed E-state index contributed by atoms with van der Waals surface area (Å²) in [5.74, 6) is 0.463. The highest BCUT2D eigenvalue weighted by Gasteiger charge is 2.23. The highest BCUT2D eigenvalue weighted by Crippen LogP contribution is 2.34. The maximum absolute atomic E-state index is 12.8. The van der Waals surface area contributed by atoms with Crippen LogP contribution >= 0.6 is 46.6 Å². The molecular formula is C27H22Cl3N7OS. The zero-order chi connectivity index (χ0) is 27.7. The summed E-state index contributed by atoms with van der Waals surface area (Å²) in [7, 11) is 0. The summed E-state index contributed by atoms with van der Waals surface area (Å²) in [5.41, 5.74) is 5.55. The van der Waals surface area contributed by atoms with E-state index in [0.29, 0.717) is 43.1 Å². The molecule has 12 heteroatoms. The summed E-state index contributed by atoms with van der Waals surface area (Å²) in [6, 6.07) is 18.6. The van der Waals surface area contributed by atoms with Crippen molar-refractivity contribution in [2.24, 2.45) is 0 Å². The number of thioether (sulfide) groups is 1. The predicted octanol–water partition coefficient (Wildman–Crippen LogP) is 7.13. The van der Waals surface area contributed by atoms with Crippen molar-refractivity contribution in [3.05, 3.63) is 92.6 Å². The second-order valence-corrected chi connectivity index (χ2v) is 10.9. The monoisotopic (exact) mass is 597 g/mol. The van der Waals surface area contributed by atoms with Crippen LogP contribution in [-0.4, -0.2) is 41.4 Å². The molecule has 8 nitrogen and oxygen atoms in total. The maximum atomic E-state index is 12.8. The molecule has 2 heterocycles. The molecule has 3 aromatic carbocycles. The Hall–Kier alpha value is -3.37. The first-order valence-corrected chi connectivity index (χ1v) is 13.9. The average Bonchev–Trinajstić information content (AvgIpc) is 3.50. The highest BCUT2D eigenvalue weighted by atomic mass is 35.5. The Morgan fingerprint density at radius 1 is 0.872 bits per heavy atom. The second-order valence-electron chi connectivity index (χ2n) is 8.77. The number of amides is 1. The van der Waals surface area contributed by atoms with Crippen molar-refractivity contribution in [1.82, 2.24) is 29.8 Å². The first kappa shape index (κ1) is 27.2. The van der Waals surface area contributed by atoms with Crippen LogP contribution in [0.1, 0.15) is 16.8 Å². The fourth-order valence-corrected chi connectivity index (χ4v) is 5.28. The Morgan fingerprint density at radius 2 is 1.62 bits per heavy atom. The smallest absolute Gasteiger partial charge is 0.234 e. The Morgan fingerprint density at radius 3 is 2.36 bits per heavy atom. The Bertz CT molecular complexity index is 1680. The molecule has 5 aromatic rings. The summed E-state index contributed by atoms with van der Waals surface area (Å²) in [5, 5.41) is 22.1. The molecule has 0 radical (unpaired) electrons. The van der Waals surface area contributed by atoms with Gasteiger partial charge in [0.1, 0.15) is 0 Å². The van der Waals surface area contributed by atoms with E-state index in [-0.39, 0.29) is 11.7 Å². The molecule has 39 heavy (non-hydrogen) atoms. The van der Waals surface area contributed by atoms with Crippen molar-refractivity contribution in [2.75, 3.05) is 11.1 Å². The van der Waals surface area contributed by atoms with Gasteiger partial charge in [-0.1, -0.05) is 76.0 Å². The summed E-state index contributed by atoms with van der Waals surface area (Å²) >= 11 is 20.0. The molecule has 0 bridgehead atoms. The van der Waals surface area contributed by atoms with Crippen LogP contribution in [-0.2, 0) is 4.79 Å². The summed E-state index contributed by atoms with van der Waals surface area (Å²) in [6.45, 7) is 5.89. The van der Waals surface area contributed by atoms with E-state index in [2.05, 4.69) is 25.8 Å². The van der Waals surface area contributed by atoms with E-state index in [9.17, 15) is 4.79 Å². The number of halogens is 3. The number of aromatic nitrogens is 6. The standard InChI is InChI=1S/C27H22Cl3N7OS/c1-15-9-10-18(11-16(15)2)31-24(38)14-39-27-34-33-26(36(27)19-7-5-4-6-8-19)25-17(3)37(35-32-25)23-13-21(29)20(28)12-22(23)30/h4-13H,14H2,1-3H3,(H,31,38). The molecule has 0 saturated heterocycles.